The number of benzene rings is 1. The number of ether oxygens (including phenoxy) is 1. The van der Waals surface area contributed by atoms with Crippen LogP contribution < -0.4 is 4.74 Å². The molecule has 0 spiro atoms. The number of amides is 1. The first-order valence-corrected chi connectivity index (χ1v) is 9.25. The maximum absolute atomic E-state index is 13.1. The van der Waals surface area contributed by atoms with Gasteiger partial charge in [0.25, 0.3) is 5.91 Å². The maximum atomic E-state index is 13.1. The molecule has 1 aliphatic heterocycles. The predicted octanol–water partition coefficient (Wildman–Crippen LogP) is 3.81. The van der Waals surface area contributed by atoms with Crippen LogP contribution in [0.1, 0.15) is 26.5 Å². The van der Waals surface area contributed by atoms with E-state index in [0.717, 1.165) is 31.0 Å². The quantitative estimate of drug-likeness (QED) is 0.716. The number of hydrogen-bond donors (Lipinski definition) is 0. The average molecular weight is 352 g/mol. The molecule has 0 unspecified atom stereocenters. The van der Waals surface area contributed by atoms with E-state index in [-0.39, 0.29) is 5.91 Å². The molecule has 4 rings (SSSR count). The summed E-state index contributed by atoms with van der Waals surface area (Å²) in [5.74, 6) is 0.934. The van der Waals surface area contributed by atoms with Crippen LogP contribution in [0.3, 0.4) is 0 Å². The van der Waals surface area contributed by atoms with Crippen molar-refractivity contribution in [1.29, 1.82) is 0 Å². The first-order chi connectivity index (χ1) is 12.2. The molecule has 0 saturated carbocycles. The molecule has 5 heteroatoms. The van der Waals surface area contributed by atoms with Crippen LogP contribution in [0, 0.1) is 0 Å². The van der Waals surface area contributed by atoms with E-state index in [2.05, 4.69) is 17.5 Å². The lowest BCUT2D eigenvalue weighted by Crippen LogP contribution is -2.37. The molecule has 1 aliphatic rings. The van der Waals surface area contributed by atoms with Gasteiger partial charge in [0, 0.05) is 24.2 Å². The van der Waals surface area contributed by atoms with E-state index in [0.29, 0.717) is 6.54 Å². The molecular weight excluding hydrogens is 332 g/mol. The summed E-state index contributed by atoms with van der Waals surface area (Å²) in [5, 5.41) is 2.06. The molecule has 4 nitrogen and oxygen atoms in total. The number of aromatic nitrogens is 1. The average Bonchev–Trinajstić information content (AvgIpc) is 3.32. The third kappa shape index (κ3) is 3.20. The van der Waals surface area contributed by atoms with Gasteiger partial charge in [0.15, 0.2) is 0 Å². The van der Waals surface area contributed by atoms with Gasteiger partial charge in [-0.05, 0) is 53.3 Å². The van der Waals surface area contributed by atoms with E-state index in [4.69, 9.17) is 4.74 Å². The number of nitrogens with zero attached hydrogens (tertiary/aromatic N) is 2. The Hall–Kier alpha value is -2.53. The third-order valence-electron chi connectivity index (χ3n) is 4.67. The Kier molecular flexibility index (Phi) is 4.32. The van der Waals surface area contributed by atoms with Crippen LogP contribution in [0.15, 0.2) is 54.0 Å². The van der Waals surface area contributed by atoms with Crippen LogP contribution in [-0.4, -0.2) is 29.0 Å². The van der Waals surface area contributed by atoms with Crippen LogP contribution in [-0.2, 0) is 19.5 Å². The Labute approximate surface area is 151 Å². The molecule has 128 valence electrons. The second kappa shape index (κ2) is 6.76. The summed E-state index contributed by atoms with van der Waals surface area (Å²) < 4.78 is 7.36. The topological polar surface area (TPSA) is 34.5 Å². The zero-order valence-electron chi connectivity index (χ0n) is 14.1. The van der Waals surface area contributed by atoms with E-state index in [1.54, 1.807) is 18.4 Å². The lowest BCUT2D eigenvalue weighted by atomic mass is 9.99. The van der Waals surface area contributed by atoms with Gasteiger partial charge in [-0.1, -0.05) is 12.1 Å². The lowest BCUT2D eigenvalue weighted by molar-refractivity contribution is 0.0724. The molecule has 0 saturated heterocycles. The molecule has 0 fully saturated rings. The highest BCUT2D eigenvalue weighted by molar-refractivity contribution is 7.09. The Bertz CT molecular complexity index is 883. The Balaban J connectivity index is 1.55. The number of hydrogen-bond acceptors (Lipinski definition) is 3. The van der Waals surface area contributed by atoms with Crippen molar-refractivity contribution in [3.8, 4) is 5.75 Å². The lowest BCUT2D eigenvalue weighted by Gasteiger charge is -2.29. The molecule has 0 radical (unpaired) electrons. The third-order valence-corrected chi connectivity index (χ3v) is 5.53. The fourth-order valence-electron chi connectivity index (χ4n) is 3.31. The van der Waals surface area contributed by atoms with Gasteiger partial charge in [-0.25, -0.2) is 0 Å². The second-order valence-corrected chi connectivity index (χ2v) is 7.24. The van der Waals surface area contributed by atoms with Crippen molar-refractivity contribution in [2.24, 2.45) is 0 Å². The minimum absolute atomic E-state index is 0.0926. The zero-order chi connectivity index (χ0) is 17.2. The molecule has 1 aromatic carbocycles. The second-order valence-electron chi connectivity index (χ2n) is 6.21. The van der Waals surface area contributed by atoms with Crippen molar-refractivity contribution in [1.82, 2.24) is 9.47 Å². The first-order valence-electron chi connectivity index (χ1n) is 8.37. The summed E-state index contributed by atoms with van der Waals surface area (Å²) >= 11 is 1.71. The molecule has 2 aromatic heterocycles. The highest BCUT2D eigenvalue weighted by Gasteiger charge is 2.24. The highest BCUT2D eigenvalue weighted by atomic mass is 32.1. The van der Waals surface area contributed by atoms with Crippen molar-refractivity contribution in [3.05, 3.63) is 75.7 Å². The molecule has 0 bridgehead atoms. The summed E-state index contributed by atoms with van der Waals surface area (Å²) in [7, 11) is 1.67. The van der Waals surface area contributed by atoms with E-state index < -0.39 is 0 Å². The van der Waals surface area contributed by atoms with Crippen molar-refractivity contribution >= 4 is 17.2 Å². The molecule has 0 atom stereocenters. The highest BCUT2D eigenvalue weighted by Crippen LogP contribution is 2.25. The molecule has 3 aromatic rings. The SMILES string of the molecule is COc1ccc2c(c1)CN(C(=O)c1cccn1Cc1cccs1)CC2. The smallest absolute Gasteiger partial charge is 0.270 e. The van der Waals surface area contributed by atoms with E-state index in [9.17, 15) is 4.79 Å². The molecule has 1 amide bonds. The minimum atomic E-state index is 0.0926. The van der Waals surface area contributed by atoms with Gasteiger partial charge < -0.3 is 14.2 Å². The molecular formula is C20H20N2O2S. The standard InChI is InChI=1S/C20H20N2O2S/c1-24-17-7-6-15-8-10-22(13-16(15)12-17)20(23)19-5-2-9-21(19)14-18-4-3-11-25-18/h2-7,9,11-12H,8,10,13-14H2,1H3. The van der Waals surface area contributed by atoms with Crippen molar-refractivity contribution in [2.75, 3.05) is 13.7 Å². The Morgan fingerprint density at radius 3 is 2.92 bits per heavy atom. The number of methoxy groups -OCH3 is 1. The van der Waals surface area contributed by atoms with E-state index in [1.807, 2.05) is 46.0 Å². The first kappa shape index (κ1) is 16.0. The minimum Gasteiger partial charge on any atom is -0.497 e. The fourth-order valence-corrected chi connectivity index (χ4v) is 4.02. The summed E-state index contributed by atoms with van der Waals surface area (Å²) in [6, 6.07) is 14.1. The molecule has 3 heterocycles. The number of thiophene rings is 1. The normalized spacial score (nSPS) is 13.6. The maximum Gasteiger partial charge on any atom is 0.270 e. The van der Waals surface area contributed by atoms with Gasteiger partial charge in [-0.15, -0.1) is 11.3 Å². The van der Waals surface area contributed by atoms with Crippen molar-refractivity contribution in [2.45, 2.75) is 19.5 Å². The number of carbonyl (C=O) groups is 1. The summed E-state index contributed by atoms with van der Waals surface area (Å²) in [4.78, 5) is 16.2. The van der Waals surface area contributed by atoms with Crippen molar-refractivity contribution < 1.29 is 9.53 Å². The number of rotatable bonds is 4. The van der Waals surface area contributed by atoms with Crippen LogP contribution in [0.25, 0.3) is 0 Å². The number of fused-ring (bicyclic) bond motifs is 1. The predicted molar refractivity (Wildman–Crippen MR) is 99.3 cm³/mol. The van der Waals surface area contributed by atoms with Gasteiger partial charge in [0.05, 0.1) is 13.7 Å². The van der Waals surface area contributed by atoms with Gasteiger partial charge in [-0.2, -0.15) is 0 Å². The van der Waals surface area contributed by atoms with Crippen LogP contribution in [0.4, 0.5) is 0 Å². The van der Waals surface area contributed by atoms with Crippen LogP contribution >= 0.6 is 11.3 Å². The van der Waals surface area contributed by atoms with Gasteiger partial charge in [0.2, 0.25) is 0 Å². The van der Waals surface area contributed by atoms with Crippen LogP contribution in [0.5, 0.6) is 5.75 Å². The fraction of sp³-hybridized carbons (Fsp3) is 0.250. The molecule has 0 N–H and O–H groups in total. The molecule has 0 aliphatic carbocycles. The summed E-state index contributed by atoms with van der Waals surface area (Å²) in [5.41, 5.74) is 3.23. The monoisotopic (exact) mass is 352 g/mol. The van der Waals surface area contributed by atoms with Crippen LogP contribution in [0.2, 0.25) is 0 Å². The Morgan fingerprint density at radius 2 is 2.12 bits per heavy atom. The number of carbonyl (C=O) groups excluding carboxylic acids is 1. The molecule has 25 heavy (non-hydrogen) atoms. The van der Waals surface area contributed by atoms with E-state index in [1.165, 1.54) is 16.0 Å². The Morgan fingerprint density at radius 1 is 1.20 bits per heavy atom. The summed E-state index contributed by atoms with van der Waals surface area (Å²) in [6.45, 7) is 2.13. The van der Waals surface area contributed by atoms with E-state index >= 15 is 0 Å². The van der Waals surface area contributed by atoms with Gasteiger partial charge in [0.1, 0.15) is 11.4 Å². The van der Waals surface area contributed by atoms with Gasteiger partial charge in [-0.3, -0.25) is 4.79 Å². The largest absolute Gasteiger partial charge is 0.497 e. The zero-order valence-corrected chi connectivity index (χ0v) is 15.0. The van der Waals surface area contributed by atoms with Crippen molar-refractivity contribution in [3.63, 3.8) is 0 Å². The summed E-state index contributed by atoms with van der Waals surface area (Å²) in [6.07, 6.45) is 2.87. The van der Waals surface area contributed by atoms with Gasteiger partial charge >= 0.3 is 0 Å².